The molecule has 0 unspecified atom stereocenters. The molecule has 5 atom stereocenters. The maximum absolute atomic E-state index is 11.8. The summed E-state index contributed by atoms with van der Waals surface area (Å²) in [5, 5.41) is 0. The number of ether oxygens (including phenoxy) is 3. The van der Waals surface area contributed by atoms with Crippen molar-refractivity contribution in [3.05, 3.63) is 9.66 Å². The van der Waals surface area contributed by atoms with Crippen LogP contribution < -0.4 is 21.2 Å². The molecule has 0 aromatic rings. The number of epoxide rings is 1. The van der Waals surface area contributed by atoms with Gasteiger partial charge in [0.15, 0.2) is 0 Å². The van der Waals surface area contributed by atoms with E-state index < -0.39 is 21.2 Å². The van der Waals surface area contributed by atoms with Gasteiger partial charge in [-0.1, -0.05) is 0 Å². The molecular weight excluding hydrogens is 351 g/mol. The second-order valence-electron chi connectivity index (χ2n) is 5.34. The van der Waals surface area contributed by atoms with E-state index in [0.717, 1.165) is 10.0 Å². The van der Waals surface area contributed by atoms with Crippen LogP contribution in [0, 0.1) is 5.92 Å². The third-order valence-electron chi connectivity index (χ3n) is 3.95. The van der Waals surface area contributed by atoms with E-state index in [1.54, 1.807) is 0 Å². The Kier molecular flexibility index (Phi) is 2.16. The van der Waals surface area contributed by atoms with E-state index in [1.165, 1.54) is 0 Å². The Morgan fingerprint density at radius 2 is 2.22 bits per heavy atom. The first-order chi connectivity index (χ1) is 8.55. The van der Waals surface area contributed by atoms with Crippen LogP contribution in [0.5, 0.6) is 0 Å². The zero-order valence-electron chi connectivity index (χ0n) is 9.72. The minimum atomic E-state index is -0.458. The SMILES string of the molecule is C[C@]12C[C@@H]3OC(=O)C[C@H]3[C@H]3C=C([I-][C@H]1O2)C(=O)O3. The number of hydrogen-bond acceptors (Lipinski definition) is 5. The second-order valence-corrected chi connectivity index (χ2v) is 8.26. The van der Waals surface area contributed by atoms with Crippen LogP contribution in [-0.2, 0) is 23.8 Å². The molecule has 2 bridgehead atoms. The van der Waals surface area contributed by atoms with Crippen LogP contribution in [0.1, 0.15) is 19.8 Å². The summed E-state index contributed by atoms with van der Waals surface area (Å²) in [7, 11) is 0. The van der Waals surface area contributed by atoms with Gasteiger partial charge in [0.1, 0.15) is 0 Å². The molecule has 4 rings (SSSR count). The van der Waals surface area contributed by atoms with Crippen LogP contribution in [-0.4, -0.2) is 33.9 Å². The van der Waals surface area contributed by atoms with Crippen molar-refractivity contribution in [1.82, 2.24) is 0 Å². The van der Waals surface area contributed by atoms with Crippen molar-refractivity contribution in [3.63, 3.8) is 0 Å². The summed E-state index contributed by atoms with van der Waals surface area (Å²) in [5.74, 6) is -0.452. The van der Waals surface area contributed by atoms with Crippen molar-refractivity contribution in [1.29, 1.82) is 0 Å². The zero-order valence-corrected chi connectivity index (χ0v) is 11.9. The molecule has 0 aromatic carbocycles. The molecule has 4 heterocycles. The molecule has 0 saturated carbocycles. The van der Waals surface area contributed by atoms with E-state index in [4.69, 9.17) is 14.2 Å². The summed E-state index contributed by atoms with van der Waals surface area (Å²) in [6.45, 7) is 2.05. The average molecular weight is 363 g/mol. The average Bonchev–Trinajstić information content (AvgIpc) is 2.63. The molecule has 0 aliphatic carbocycles. The van der Waals surface area contributed by atoms with Crippen molar-refractivity contribution in [2.45, 2.75) is 41.7 Å². The van der Waals surface area contributed by atoms with Crippen LogP contribution in [0.4, 0.5) is 0 Å². The number of alkyl halides is 1. The van der Waals surface area contributed by atoms with Crippen molar-refractivity contribution in [2.24, 2.45) is 5.92 Å². The predicted molar refractivity (Wildman–Crippen MR) is 53.8 cm³/mol. The van der Waals surface area contributed by atoms with Crippen molar-refractivity contribution >= 4 is 11.9 Å². The summed E-state index contributed by atoms with van der Waals surface area (Å²) in [4.78, 5) is 23.3. The molecular formula is C12H12IO5-. The number of fused-ring (bicyclic) bond motifs is 4. The van der Waals surface area contributed by atoms with E-state index in [0.29, 0.717) is 6.42 Å². The van der Waals surface area contributed by atoms with Crippen LogP contribution in [0.15, 0.2) is 9.66 Å². The minimum absolute atomic E-state index is 0.0391. The topological polar surface area (TPSA) is 65.1 Å². The third kappa shape index (κ3) is 1.54. The summed E-state index contributed by atoms with van der Waals surface area (Å²) in [6.07, 6.45) is 2.52. The molecule has 0 radical (unpaired) electrons. The number of carbonyl (C=O) groups excluding carboxylic acids is 2. The quantitative estimate of drug-likeness (QED) is 0.203. The van der Waals surface area contributed by atoms with Crippen LogP contribution in [0.3, 0.4) is 0 Å². The van der Waals surface area contributed by atoms with E-state index in [1.807, 2.05) is 13.0 Å². The number of rotatable bonds is 0. The molecule has 0 spiro atoms. The fourth-order valence-electron chi connectivity index (χ4n) is 2.85. The fraction of sp³-hybridized carbons (Fsp3) is 0.667. The van der Waals surface area contributed by atoms with E-state index in [-0.39, 0.29) is 39.8 Å². The van der Waals surface area contributed by atoms with Gasteiger partial charge in [-0.15, -0.1) is 0 Å². The van der Waals surface area contributed by atoms with Crippen molar-refractivity contribution in [2.75, 3.05) is 0 Å². The second kappa shape index (κ2) is 3.47. The van der Waals surface area contributed by atoms with Crippen LogP contribution in [0.25, 0.3) is 0 Å². The van der Waals surface area contributed by atoms with Gasteiger partial charge in [-0.3, -0.25) is 0 Å². The molecule has 18 heavy (non-hydrogen) atoms. The van der Waals surface area contributed by atoms with Crippen molar-refractivity contribution < 1.29 is 45.0 Å². The number of hydrogen-bond donors (Lipinski definition) is 0. The number of carbonyl (C=O) groups is 2. The molecule has 2 fully saturated rings. The first-order valence-corrected chi connectivity index (χ1v) is 8.31. The Hall–Kier alpha value is -0.630. The summed E-state index contributed by atoms with van der Waals surface area (Å²) in [6, 6.07) is 0. The van der Waals surface area contributed by atoms with Crippen molar-refractivity contribution in [3.8, 4) is 0 Å². The van der Waals surface area contributed by atoms with Gasteiger partial charge in [0, 0.05) is 0 Å². The van der Waals surface area contributed by atoms with Gasteiger partial charge in [0.25, 0.3) is 0 Å². The molecule has 2 saturated heterocycles. The molecule has 4 aliphatic rings. The molecule has 5 nitrogen and oxygen atoms in total. The maximum atomic E-state index is 11.8. The monoisotopic (exact) mass is 363 g/mol. The summed E-state index contributed by atoms with van der Waals surface area (Å²) in [5.41, 5.74) is -0.202. The third-order valence-corrected chi connectivity index (χ3v) is 7.56. The normalized spacial score (nSPS) is 49.5. The van der Waals surface area contributed by atoms with Gasteiger partial charge in [-0.05, 0) is 0 Å². The van der Waals surface area contributed by atoms with Gasteiger partial charge < -0.3 is 0 Å². The molecule has 0 amide bonds. The van der Waals surface area contributed by atoms with Gasteiger partial charge >= 0.3 is 114 Å². The number of halogens is 1. The summed E-state index contributed by atoms with van der Waals surface area (Å²) >= 11 is -0.458. The Morgan fingerprint density at radius 1 is 1.39 bits per heavy atom. The Morgan fingerprint density at radius 3 is 3.06 bits per heavy atom. The summed E-state index contributed by atoms with van der Waals surface area (Å²) < 4.78 is 17.4. The molecule has 4 aliphatic heterocycles. The first-order valence-electron chi connectivity index (χ1n) is 5.99. The molecule has 0 N–H and O–H groups in total. The Bertz CT molecular complexity index is 487. The molecule has 6 heteroatoms. The van der Waals surface area contributed by atoms with Crippen LogP contribution in [0.2, 0.25) is 0 Å². The van der Waals surface area contributed by atoms with Gasteiger partial charge in [-0.2, -0.15) is 0 Å². The standard InChI is InChI=1S/C12H12IO5/c1-12-4-8-5(2-9(14)16-8)7-3-6(10(15)17-7)13-11(12)18-12/h3,5,7-8,11H,2,4H2,1H3/q-1/t5-,7+,8-,11-,12-/m0/s1. The Labute approximate surface area is 114 Å². The fourth-order valence-corrected chi connectivity index (χ4v) is 6.03. The van der Waals surface area contributed by atoms with Gasteiger partial charge in [0.2, 0.25) is 0 Å². The zero-order chi connectivity index (χ0) is 12.5. The van der Waals surface area contributed by atoms with E-state index >= 15 is 0 Å². The Balaban J connectivity index is 1.72. The van der Waals surface area contributed by atoms with E-state index in [2.05, 4.69) is 0 Å². The first kappa shape index (κ1) is 11.2. The molecule has 98 valence electrons. The number of esters is 2. The van der Waals surface area contributed by atoms with Gasteiger partial charge in [-0.25, -0.2) is 0 Å². The van der Waals surface area contributed by atoms with Crippen LogP contribution >= 0.6 is 0 Å². The van der Waals surface area contributed by atoms with Gasteiger partial charge in [0.05, 0.1) is 0 Å². The molecule has 0 aromatic heterocycles. The van der Waals surface area contributed by atoms with E-state index in [9.17, 15) is 9.59 Å². The predicted octanol–water partition coefficient (Wildman–Crippen LogP) is -2.66.